The van der Waals surface area contributed by atoms with Crippen LogP contribution in [0.3, 0.4) is 0 Å². The summed E-state index contributed by atoms with van der Waals surface area (Å²) in [6.45, 7) is 13.3. The van der Waals surface area contributed by atoms with E-state index in [0.717, 1.165) is 16.2 Å². The van der Waals surface area contributed by atoms with Crippen molar-refractivity contribution < 1.29 is 14.3 Å². The largest absolute Gasteiger partial charge is 0.469 e. The number of benzene rings is 1. The van der Waals surface area contributed by atoms with Gasteiger partial charge in [0.1, 0.15) is 0 Å². The van der Waals surface area contributed by atoms with Crippen molar-refractivity contribution in [3.05, 3.63) is 46.1 Å². The van der Waals surface area contributed by atoms with E-state index in [1.165, 1.54) is 19.1 Å². The lowest BCUT2D eigenvalue weighted by molar-refractivity contribution is -0.218. The molecule has 4 fully saturated rings. The van der Waals surface area contributed by atoms with Gasteiger partial charge in [-0.15, -0.1) is 0 Å². The van der Waals surface area contributed by atoms with E-state index in [4.69, 9.17) is 16.3 Å². The number of carbonyl (C=O) groups is 2. The number of carbonyl (C=O) groups excluding carboxylic acids is 2. The summed E-state index contributed by atoms with van der Waals surface area (Å²) in [5.41, 5.74) is 2.35. The van der Waals surface area contributed by atoms with Crippen molar-refractivity contribution in [2.24, 2.45) is 22.7 Å². The standard InChI is InChI=1S/C28H37ClN2O3/c1-16(2)21-12-31(28-13-27(14-28,15-28)23(32)34-7)24(33)30-26(21,6)17-8-9-18(22(29)10-17)19-11-20(19)25(3,4)5/h8-10,12,16,19-20H,11,13-15H2,1-7H3,(H,30,33)/t19?,20?,26-,27?,28?/m0/s1. The monoisotopic (exact) mass is 484 g/mol. The molecule has 6 heteroatoms. The average Bonchev–Trinajstić information content (AvgIpc) is 3.48. The zero-order valence-corrected chi connectivity index (χ0v) is 22.2. The van der Waals surface area contributed by atoms with Crippen LogP contribution in [-0.4, -0.2) is 29.5 Å². The molecule has 1 aromatic carbocycles. The molecule has 1 N–H and O–H groups in total. The molecule has 0 spiro atoms. The third-order valence-corrected chi connectivity index (χ3v) is 9.38. The normalized spacial score (nSPS) is 36.3. The van der Waals surface area contributed by atoms with E-state index in [9.17, 15) is 9.59 Å². The summed E-state index contributed by atoms with van der Waals surface area (Å²) < 4.78 is 4.99. The van der Waals surface area contributed by atoms with Gasteiger partial charge < -0.3 is 10.1 Å². The first-order valence-corrected chi connectivity index (χ1v) is 12.9. The molecule has 3 atom stereocenters. The molecule has 0 radical (unpaired) electrons. The first kappa shape index (κ1) is 23.7. The molecule has 6 rings (SSSR count). The van der Waals surface area contributed by atoms with Gasteiger partial charge in [0.25, 0.3) is 0 Å². The summed E-state index contributed by atoms with van der Waals surface area (Å²) >= 11 is 6.84. The van der Waals surface area contributed by atoms with Crippen LogP contribution in [0.4, 0.5) is 4.79 Å². The second-order valence-electron chi connectivity index (χ2n) is 12.7. The van der Waals surface area contributed by atoms with Gasteiger partial charge in [0, 0.05) is 11.2 Å². The van der Waals surface area contributed by atoms with Gasteiger partial charge >= 0.3 is 12.0 Å². The summed E-state index contributed by atoms with van der Waals surface area (Å²) in [5.74, 6) is 1.24. The maximum absolute atomic E-state index is 13.4. The number of hydrogen-bond donors (Lipinski definition) is 1. The summed E-state index contributed by atoms with van der Waals surface area (Å²) in [6.07, 6.45) is 5.25. The summed E-state index contributed by atoms with van der Waals surface area (Å²) in [5, 5.41) is 4.10. The smallest absolute Gasteiger partial charge is 0.322 e. The number of rotatable bonds is 5. The van der Waals surface area contributed by atoms with E-state index in [-0.39, 0.29) is 28.9 Å². The number of amides is 2. The van der Waals surface area contributed by atoms with Gasteiger partial charge in [-0.25, -0.2) is 4.79 Å². The summed E-state index contributed by atoms with van der Waals surface area (Å²) in [4.78, 5) is 27.4. The lowest BCUT2D eigenvalue weighted by Crippen LogP contribution is -2.78. The van der Waals surface area contributed by atoms with Crippen molar-refractivity contribution in [1.82, 2.24) is 10.2 Å². The molecule has 1 aromatic rings. The van der Waals surface area contributed by atoms with Crippen LogP contribution >= 0.6 is 11.6 Å². The number of nitrogens with zero attached hydrogens (tertiary/aromatic N) is 1. The Kier molecular flexibility index (Phi) is 5.06. The Hall–Kier alpha value is -2.01. The minimum atomic E-state index is -0.638. The van der Waals surface area contributed by atoms with Gasteiger partial charge in [0.2, 0.25) is 0 Å². The first-order valence-electron chi connectivity index (χ1n) is 12.5. The van der Waals surface area contributed by atoms with E-state index in [2.05, 4.69) is 59.0 Å². The van der Waals surface area contributed by atoms with Gasteiger partial charge in [0.05, 0.1) is 23.6 Å². The Morgan fingerprint density at radius 1 is 1.24 bits per heavy atom. The second kappa shape index (κ2) is 7.25. The van der Waals surface area contributed by atoms with Gasteiger partial charge in [-0.2, -0.15) is 0 Å². The van der Waals surface area contributed by atoms with Crippen molar-refractivity contribution >= 4 is 23.6 Å². The molecule has 4 aliphatic carbocycles. The average molecular weight is 485 g/mol. The molecule has 5 nitrogen and oxygen atoms in total. The maximum Gasteiger partial charge on any atom is 0.322 e. The van der Waals surface area contributed by atoms with Crippen molar-refractivity contribution in [1.29, 1.82) is 0 Å². The summed E-state index contributed by atoms with van der Waals surface area (Å²) in [6, 6.07) is 6.24. The molecule has 1 heterocycles. The highest BCUT2D eigenvalue weighted by molar-refractivity contribution is 6.31. The number of esters is 1. The second-order valence-corrected chi connectivity index (χ2v) is 13.1. The number of ether oxygens (including phenoxy) is 1. The molecule has 2 amide bonds. The van der Waals surface area contributed by atoms with Crippen molar-refractivity contribution in [3.63, 3.8) is 0 Å². The lowest BCUT2D eigenvalue weighted by atomic mass is 9.38. The minimum Gasteiger partial charge on any atom is -0.469 e. The molecule has 4 saturated carbocycles. The van der Waals surface area contributed by atoms with Crippen LogP contribution in [0.1, 0.15) is 84.3 Å². The molecule has 34 heavy (non-hydrogen) atoms. The number of methoxy groups -OCH3 is 1. The Morgan fingerprint density at radius 2 is 1.88 bits per heavy atom. The quantitative estimate of drug-likeness (QED) is 0.494. The Labute approximate surface area is 208 Å². The Bertz CT molecular complexity index is 1080. The van der Waals surface area contributed by atoms with Crippen LogP contribution in [-0.2, 0) is 15.1 Å². The maximum atomic E-state index is 13.4. The fourth-order valence-electron chi connectivity index (χ4n) is 7.05. The van der Waals surface area contributed by atoms with Crippen LogP contribution in [0, 0.1) is 22.7 Å². The molecule has 2 unspecified atom stereocenters. The topological polar surface area (TPSA) is 58.6 Å². The van der Waals surface area contributed by atoms with E-state index in [1.807, 2.05) is 17.2 Å². The molecule has 1 aliphatic heterocycles. The number of hydrogen-bond acceptors (Lipinski definition) is 3. The predicted octanol–water partition coefficient (Wildman–Crippen LogP) is 6.37. The Morgan fingerprint density at radius 3 is 2.38 bits per heavy atom. The molecule has 2 bridgehead atoms. The first-order chi connectivity index (χ1) is 15.8. The number of nitrogens with one attached hydrogen (secondary N) is 1. The van der Waals surface area contributed by atoms with E-state index in [0.29, 0.717) is 31.1 Å². The van der Waals surface area contributed by atoms with E-state index >= 15 is 0 Å². The third-order valence-electron chi connectivity index (χ3n) is 9.06. The van der Waals surface area contributed by atoms with Crippen molar-refractivity contribution in [2.45, 2.75) is 84.2 Å². The van der Waals surface area contributed by atoms with Gasteiger partial charge in [-0.1, -0.05) is 58.4 Å². The van der Waals surface area contributed by atoms with Crippen molar-refractivity contribution in [3.8, 4) is 0 Å². The molecular weight excluding hydrogens is 448 g/mol. The van der Waals surface area contributed by atoms with Crippen LogP contribution in [0.2, 0.25) is 5.02 Å². The predicted molar refractivity (Wildman–Crippen MR) is 133 cm³/mol. The van der Waals surface area contributed by atoms with Gasteiger partial charge in [-0.05, 0) is 78.5 Å². The van der Waals surface area contributed by atoms with E-state index in [1.54, 1.807) is 0 Å². The zero-order valence-electron chi connectivity index (χ0n) is 21.4. The zero-order chi connectivity index (χ0) is 24.8. The minimum absolute atomic E-state index is 0.111. The molecule has 0 saturated heterocycles. The third kappa shape index (κ3) is 3.26. The molecule has 5 aliphatic rings. The van der Waals surface area contributed by atoms with Crippen LogP contribution in [0.5, 0.6) is 0 Å². The fourth-order valence-corrected chi connectivity index (χ4v) is 7.37. The van der Waals surface area contributed by atoms with Gasteiger partial charge in [0.15, 0.2) is 0 Å². The van der Waals surface area contributed by atoms with Crippen LogP contribution in [0.15, 0.2) is 30.0 Å². The van der Waals surface area contributed by atoms with Crippen molar-refractivity contribution in [2.75, 3.05) is 7.11 Å². The molecule has 0 aromatic heterocycles. The summed E-state index contributed by atoms with van der Waals surface area (Å²) in [7, 11) is 1.44. The van der Waals surface area contributed by atoms with E-state index < -0.39 is 11.0 Å². The highest BCUT2D eigenvalue weighted by Gasteiger charge is 2.75. The lowest BCUT2D eigenvalue weighted by Gasteiger charge is -2.71. The fraction of sp³-hybridized carbons (Fsp3) is 0.643. The molecule has 184 valence electrons. The van der Waals surface area contributed by atoms with Gasteiger partial charge in [-0.3, -0.25) is 9.69 Å². The highest BCUT2D eigenvalue weighted by atomic mass is 35.5. The molecular formula is C28H37ClN2O3. The SMILES string of the molecule is COC(=O)C12CC(N3C=C(C(C)C)[C@](C)(c4ccc(C5CC5C(C)(C)C)c(Cl)c4)NC3=O)(C1)C2. The Balaban J connectivity index is 1.43. The number of halogens is 1. The number of urea groups is 1. The van der Waals surface area contributed by atoms with Crippen LogP contribution in [0.25, 0.3) is 0 Å². The highest BCUT2D eigenvalue weighted by Crippen LogP contribution is 2.71. The van der Waals surface area contributed by atoms with Crippen LogP contribution < -0.4 is 5.32 Å².